The summed E-state index contributed by atoms with van der Waals surface area (Å²) >= 11 is 0. The molecule has 142 valence electrons. The van der Waals surface area contributed by atoms with Gasteiger partial charge in [0.15, 0.2) is 0 Å². The first kappa shape index (κ1) is 23.7. The molecule has 0 aliphatic carbocycles. The van der Waals surface area contributed by atoms with Crippen LogP contribution in [0.25, 0.3) is 0 Å². The van der Waals surface area contributed by atoms with Crippen molar-refractivity contribution in [2.45, 2.75) is 75.7 Å². The van der Waals surface area contributed by atoms with Crippen molar-refractivity contribution in [2.75, 3.05) is 0 Å². The van der Waals surface area contributed by atoms with Gasteiger partial charge in [0.1, 0.15) is 0 Å². The minimum absolute atomic E-state index is 0.234. The zero-order valence-electron chi connectivity index (χ0n) is 18.5. The van der Waals surface area contributed by atoms with Gasteiger partial charge < -0.3 is 0 Å². The summed E-state index contributed by atoms with van der Waals surface area (Å²) in [7, 11) is 0. The van der Waals surface area contributed by atoms with E-state index in [0.717, 1.165) is 11.8 Å². The van der Waals surface area contributed by atoms with Gasteiger partial charge in [0.2, 0.25) is 0 Å². The van der Waals surface area contributed by atoms with Crippen LogP contribution in [0.5, 0.6) is 0 Å². The van der Waals surface area contributed by atoms with Crippen molar-refractivity contribution in [1.82, 2.24) is 0 Å². The number of hydrogen-bond donors (Lipinski definition) is 0. The second-order valence-electron chi connectivity index (χ2n) is 9.23. The molecule has 0 bridgehead atoms. The maximum Gasteiger partial charge on any atom is -0.0200 e. The molecule has 0 aliphatic rings. The Bertz CT molecular complexity index is 527. The number of rotatable bonds is 8. The predicted molar refractivity (Wildman–Crippen MR) is 117 cm³/mol. The molecule has 0 heteroatoms. The first-order chi connectivity index (χ1) is 11.4. The summed E-state index contributed by atoms with van der Waals surface area (Å²) in [5.74, 6) is 2.14. The van der Waals surface area contributed by atoms with Crippen LogP contribution in [0.4, 0.5) is 0 Å². The third kappa shape index (κ3) is 13.6. The molecule has 0 N–H and O–H groups in total. The lowest BCUT2D eigenvalue weighted by atomic mass is 9.87. The SMILES string of the molecule is CC(=C/C=C/C(C)=C/C(C)C(C)CC(C)C)C=C(C)/C=C/C(C)(C)C. The van der Waals surface area contributed by atoms with E-state index in [2.05, 4.69) is 112 Å². The predicted octanol–water partition coefficient (Wildman–Crippen LogP) is 8.30. The molecule has 0 aromatic heterocycles. The molecule has 2 atom stereocenters. The fourth-order valence-electron chi connectivity index (χ4n) is 2.78. The van der Waals surface area contributed by atoms with E-state index in [9.17, 15) is 0 Å². The molecule has 0 aliphatic heterocycles. The van der Waals surface area contributed by atoms with E-state index < -0.39 is 0 Å². The van der Waals surface area contributed by atoms with Gasteiger partial charge in [-0.15, -0.1) is 0 Å². The lowest BCUT2D eigenvalue weighted by Crippen LogP contribution is -2.08. The van der Waals surface area contributed by atoms with Crippen LogP contribution in [0, 0.1) is 23.2 Å². The first-order valence-electron chi connectivity index (χ1n) is 9.81. The third-order valence-electron chi connectivity index (χ3n) is 4.29. The number of hydrogen-bond acceptors (Lipinski definition) is 0. The summed E-state index contributed by atoms with van der Waals surface area (Å²) < 4.78 is 0. The quantitative estimate of drug-likeness (QED) is 0.389. The Morgan fingerprint density at radius 2 is 1.44 bits per heavy atom. The van der Waals surface area contributed by atoms with E-state index in [4.69, 9.17) is 0 Å². The van der Waals surface area contributed by atoms with E-state index in [1.54, 1.807) is 0 Å². The normalized spacial score (nSPS) is 17.8. The highest BCUT2D eigenvalue weighted by atomic mass is 14.2. The second kappa shape index (κ2) is 11.3. The van der Waals surface area contributed by atoms with E-state index in [1.165, 1.54) is 23.1 Å². The molecule has 0 saturated heterocycles. The van der Waals surface area contributed by atoms with Crippen LogP contribution < -0.4 is 0 Å². The van der Waals surface area contributed by atoms with Gasteiger partial charge >= 0.3 is 0 Å². The first-order valence-corrected chi connectivity index (χ1v) is 9.81. The van der Waals surface area contributed by atoms with Gasteiger partial charge in [0.25, 0.3) is 0 Å². The zero-order chi connectivity index (χ0) is 19.6. The minimum Gasteiger partial charge on any atom is -0.0789 e. The van der Waals surface area contributed by atoms with Crippen LogP contribution in [0.1, 0.15) is 75.7 Å². The van der Waals surface area contributed by atoms with Crippen molar-refractivity contribution in [2.24, 2.45) is 23.2 Å². The molecule has 0 heterocycles. The van der Waals surface area contributed by atoms with Crippen LogP contribution in [-0.4, -0.2) is 0 Å². The van der Waals surface area contributed by atoms with Crippen molar-refractivity contribution >= 4 is 0 Å². The molecule has 0 amide bonds. The Morgan fingerprint density at radius 3 is 1.96 bits per heavy atom. The van der Waals surface area contributed by atoms with Crippen LogP contribution in [0.2, 0.25) is 0 Å². The summed E-state index contributed by atoms with van der Waals surface area (Å²) in [6.07, 6.45) is 17.0. The molecule has 0 spiro atoms. The molecule has 0 fully saturated rings. The summed E-state index contributed by atoms with van der Waals surface area (Å²) in [5.41, 5.74) is 4.15. The molecule has 0 saturated carbocycles. The molecule has 0 aromatic rings. The van der Waals surface area contributed by atoms with Crippen molar-refractivity contribution in [3.05, 3.63) is 59.3 Å². The van der Waals surface area contributed by atoms with E-state index in [0.29, 0.717) is 5.92 Å². The fourth-order valence-corrected chi connectivity index (χ4v) is 2.78. The van der Waals surface area contributed by atoms with Gasteiger partial charge in [-0.3, -0.25) is 0 Å². The average molecular weight is 343 g/mol. The summed E-state index contributed by atoms with van der Waals surface area (Å²) in [6, 6.07) is 0. The largest absolute Gasteiger partial charge is 0.0789 e. The third-order valence-corrected chi connectivity index (χ3v) is 4.29. The summed E-state index contributed by atoms with van der Waals surface area (Å²) in [6.45, 7) is 22.5. The standard InChI is InChI=1S/C25H42/c1-19(2)16-23(6)24(7)18-21(4)13-11-12-20(3)17-22(5)14-15-25(8,9)10/h11-15,17-19,23-24H,16H2,1-10H3/b13-11+,15-14+,20-12?,21-18+,22-17?. The van der Waals surface area contributed by atoms with Crippen LogP contribution in [0.3, 0.4) is 0 Å². The fraction of sp³-hybridized carbons (Fsp3) is 0.600. The summed E-state index contributed by atoms with van der Waals surface area (Å²) in [4.78, 5) is 0. The highest BCUT2D eigenvalue weighted by Gasteiger charge is 2.11. The summed E-state index contributed by atoms with van der Waals surface area (Å²) in [5, 5.41) is 0. The molecule has 0 aromatic carbocycles. The minimum atomic E-state index is 0.234. The molecular weight excluding hydrogens is 300 g/mol. The number of allylic oxidation sites excluding steroid dienone is 10. The van der Waals surface area contributed by atoms with Gasteiger partial charge in [0, 0.05) is 0 Å². The zero-order valence-corrected chi connectivity index (χ0v) is 18.5. The average Bonchev–Trinajstić information content (AvgIpc) is 2.43. The van der Waals surface area contributed by atoms with Gasteiger partial charge in [0.05, 0.1) is 0 Å². The molecule has 0 rings (SSSR count). The molecule has 0 radical (unpaired) electrons. The lowest BCUT2D eigenvalue weighted by molar-refractivity contribution is 0.369. The van der Waals surface area contributed by atoms with E-state index >= 15 is 0 Å². The Kier molecular flexibility index (Phi) is 10.8. The Labute approximate surface area is 158 Å². The highest BCUT2D eigenvalue weighted by Crippen LogP contribution is 2.22. The molecule has 0 nitrogen and oxygen atoms in total. The highest BCUT2D eigenvalue weighted by molar-refractivity contribution is 5.32. The maximum absolute atomic E-state index is 2.40. The molecular formula is C25H42. The van der Waals surface area contributed by atoms with Crippen LogP contribution in [0.15, 0.2) is 59.3 Å². The van der Waals surface area contributed by atoms with Gasteiger partial charge in [-0.2, -0.15) is 0 Å². The van der Waals surface area contributed by atoms with Crippen molar-refractivity contribution in [1.29, 1.82) is 0 Å². The monoisotopic (exact) mass is 342 g/mol. The molecule has 25 heavy (non-hydrogen) atoms. The lowest BCUT2D eigenvalue weighted by Gasteiger charge is -2.19. The van der Waals surface area contributed by atoms with Gasteiger partial charge in [-0.25, -0.2) is 0 Å². The Balaban J connectivity index is 4.78. The van der Waals surface area contributed by atoms with Crippen molar-refractivity contribution < 1.29 is 0 Å². The molecule has 2 unspecified atom stereocenters. The van der Waals surface area contributed by atoms with E-state index in [-0.39, 0.29) is 5.41 Å². The van der Waals surface area contributed by atoms with E-state index in [1.807, 2.05) is 0 Å². The van der Waals surface area contributed by atoms with Gasteiger partial charge in [-0.05, 0) is 50.4 Å². The van der Waals surface area contributed by atoms with Crippen LogP contribution >= 0.6 is 0 Å². The maximum atomic E-state index is 2.40. The smallest absolute Gasteiger partial charge is 0.0200 e. The van der Waals surface area contributed by atoms with Crippen molar-refractivity contribution in [3.8, 4) is 0 Å². The second-order valence-corrected chi connectivity index (χ2v) is 9.23. The van der Waals surface area contributed by atoms with Gasteiger partial charge in [-0.1, -0.05) is 108 Å². The van der Waals surface area contributed by atoms with Crippen LogP contribution in [-0.2, 0) is 0 Å². The topological polar surface area (TPSA) is 0 Å². The Hall–Kier alpha value is -1.30. The van der Waals surface area contributed by atoms with Crippen molar-refractivity contribution in [3.63, 3.8) is 0 Å². The Morgan fingerprint density at radius 1 is 0.840 bits per heavy atom.